The van der Waals surface area contributed by atoms with Crippen molar-refractivity contribution in [2.24, 2.45) is 0 Å². The summed E-state index contributed by atoms with van der Waals surface area (Å²) in [5, 5.41) is 0. The van der Waals surface area contributed by atoms with Gasteiger partial charge in [0, 0.05) is 6.42 Å². The molecule has 0 bridgehead atoms. The van der Waals surface area contributed by atoms with E-state index in [-0.39, 0.29) is 12.2 Å². The summed E-state index contributed by atoms with van der Waals surface area (Å²) in [6, 6.07) is 6.62. The van der Waals surface area contributed by atoms with E-state index >= 15 is 0 Å². The molecule has 0 aromatic rings. The van der Waals surface area contributed by atoms with Crippen LogP contribution >= 0.6 is 0 Å². The first-order valence-corrected chi connectivity index (χ1v) is 14.8. The summed E-state index contributed by atoms with van der Waals surface area (Å²) in [6.07, 6.45) is 12.6. The van der Waals surface area contributed by atoms with Gasteiger partial charge in [-0.1, -0.05) is 47.5 Å². The number of hydrogen-bond acceptors (Lipinski definition) is 2. The molecular weight excluding hydrogens is 328 g/mol. The molecule has 0 amide bonds. The van der Waals surface area contributed by atoms with E-state index in [0.717, 1.165) is 42.7 Å². The fourth-order valence-electron chi connectivity index (χ4n) is 3.31. The smallest absolute Gasteiger partial charge is 0.193 e. The Kier molecular flexibility index (Phi) is 11.7. The molecule has 0 fully saturated rings. The Bertz CT molecular complexity index is 398. The first-order valence-electron chi connectivity index (χ1n) is 9.70. The van der Waals surface area contributed by atoms with Crippen LogP contribution in [0.15, 0.2) is 0 Å². The average molecular weight is 367 g/mol. The van der Waals surface area contributed by atoms with Crippen molar-refractivity contribution in [3.05, 3.63) is 0 Å². The van der Waals surface area contributed by atoms with Crippen LogP contribution in [0, 0.1) is 24.7 Å². The second kappa shape index (κ2) is 11.9. The zero-order valence-electron chi connectivity index (χ0n) is 16.8. The Morgan fingerprint density at radius 3 is 1.50 bits per heavy atom. The zero-order valence-corrected chi connectivity index (χ0v) is 18.8. The lowest BCUT2D eigenvalue weighted by molar-refractivity contribution is 0.0677. The van der Waals surface area contributed by atoms with Gasteiger partial charge >= 0.3 is 0 Å². The van der Waals surface area contributed by atoms with Gasteiger partial charge in [0.2, 0.25) is 0 Å². The second-order valence-corrected chi connectivity index (χ2v) is 16.0. The minimum Gasteiger partial charge on any atom is -0.410 e. The predicted octanol–water partition coefficient (Wildman–Crippen LogP) is 5.81. The van der Waals surface area contributed by atoms with Crippen molar-refractivity contribution >= 4 is 16.6 Å². The van der Waals surface area contributed by atoms with Gasteiger partial charge < -0.3 is 8.85 Å². The molecule has 0 spiro atoms. The van der Waals surface area contributed by atoms with Gasteiger partial charge in [0.1, 0.15) is 6.10 Å². The van der Waals surface area contributed by atoms with Gasteiger partial charge in [0.25, 0.3) is 0 Å². The standard InChI is InChI=1S/C20H38O2Si2/c1-9-17-18-20(22-24(14-6,15-7)16-8)19(10-2)21-23(11-3,12-4)13-5/h1-2,19-20H,11-18H2,3-8H3. The summed E-state index contributed by atoms with van der Waals surface area (Å²) < 4.78 is 13.3. The van der Waals surface area contributed by atoms with Crippen LogP contribution in [0.25, 0.3) is 0 Å². The third-order valence-electron chi connectivity index (χ3n) is 5.72. The van der Waals surface area contributed by atoms with Crippen molar-refractivity contribution in [2.45, 2.75) is 103 Å². The van der Waals surface area contributed by atoms with Gasteiger partial charge in [-0.25, -0.2) is 0 Å². The van der Waals surface area contributed by atoms with E-state index in [4.69, 9.17) is 21.7 Å². The molecule has 0 saturated heterocycles. The molecular formula is C20H38O2Si2. The van der Waals surface area contributed by atoms with Crippen LogP contribution in [-0.4, -0.2) is 28.8 Å². The van der Waals surface area contributed by atoms with E-state index in [1.807, 2.05) is 0 Å². The normalized spacial score (nSPS) is 14.7. The van der Waals surface area contributed by atoms with Gasteiger partial charge in [-0.3, -0.25) is 0 Å². The van der Waals surface area contributed by atoms with E-state index in [0.29, 0.717) is 6.42 Å². The number of rotatable bonds is 13. The summed E-state index contributed by atoms with van der Waals surface area (Å²) in [7, 11) is -3.51. The SMILES string of the molecule is C#CCCC(O[Si](CC)(CC)CC)C(C#C)O[Si](CC)(CC)CC. The van der Waals surface area contributed by atoms with Gasteiger partial charge in [0.05, 0.1) is 6.10 Å². The summed E-state index contributed by atoms with van der Waals surface area (Å²) in [5.74, 6) is 5.65. The molecule has 0 rings (SSSR count). The number of terminal acetylenes is 2. The lowest BCUT2D eigenvalue weighted by Gasteiger charge is -2.39. The maximum atomic E-state index is 6.72. The third kappa shape index (κ3) is 6.41. The van der Waals surface area contributed by atoms with Crippen LogP contribution < -0.4 is 0 Å². The Labute approximate surface area is 153 Å². The van der Waals surface area contributed by atoms with Gasteiger partial charge in [-0.15, -0.1) is 18.8 Å². The first-order chi connectivity index (χ1) is 11.5. The fraction of sp³-hybridized carbons (Fsp3) is 0.800. The predicted molar refractivity (Wildman–Crippen MR) is 111 cm³/mol. The molecule has 0 saturated carbocycles. The topological polar surface area (TPSA) is 18.5 Å². The lowest BCUT2D eigenvalue weighted by atomic mass is 10.1. The minimum atomic E-state index is -1.77. The highest BCUT2D eigenvalue weighted by molar-refractivity contribution is 6.74. The van der Waals surface area contributed by atoms with Gasteiger partial charge in [0.15, 0.2) is 16.6 Å². The Morgan fingerprint density at radius 2 is 1.17 bits per heavy atom. The highest BCUT2D eigenvalue weighted by Gasteiger charge is 2.38. The molecule has 2 unspecified atom stereocenters. The Balaban J connectivity index is 5.45. The zero-order chi connectivity index (χ0) is 18.6. The van der Waals surface area contributed by atoms with Crippen LogP contribution in [0.4, 0.5) is 0 Å². The molecule has 4 heteroatoms. The highest BCUT2D eigenvalue weighted by atomic mass is 28.4. The fourth-order valence-corrected chi connectivity index (χ4v) is 8.95. The molecule has 24 heavy (non-hydrogen) atoms. The summed E-state index contributed by atoms with van der Waals surface area (Å²) in [5.41, 5.74) is 0. The minimum absolute atomic E-state index is 0.0610. The van der Waals surface area contributed by atoms with Crippen molar-refractivity contribution in [2.75, 3.05) is 0 Å². The van der Waals surface area contributed by atoms with E-state index in [1.165, 1.54) is 0 Å². The van der Waals surface area contributed by atoms with Crippen LogP contribution in [-0.2, 0) is 8.85 Å². The maximum absolute atomic E-state index is 6.72. The molecule has 2 atom stereocenters. The average Bonchev–Trinajstić information content (AvgIpc) is 2.65. The molecule has 0 aromatic carbocycles. The van der Waals surface area contributed by atoms with Gasteiger partial charge in [-0.05, 0) is 42.7 Å². The monoisotopic (exact) mass is 366 g/mol. The quantitative estimate of drug-likeness (QED) is 0.302. The highest BCUT2D eigenvalue weighted by Crippen LogP contribution is 2.30. The van der Waals surface area contributed by atoms with Crippen LogP contribution in [0.5, 0.6) is 0 Å². The van der Waals surface area contributed by atoms with Crippen molar-refractivity contribution < 1.29 is 8.85 Å². The number of hydrogen-bond donors (Lipinski definition) is 0. The van der Waals surface area contributed by atoms with Crippen molar-refractivity contribution in [3.8, 4) is 24.7 Å². The van der Waals surface area contributed by atoms with Crippen LogP contribution in [0.1, 0.15) is 54.4 Å². The Morgan fingerprint density at radius 1 is 0.750 bits per heavy atom. The summed E-state index contributed by atoms with van der Waals surface area (Å²) in [6.45, 7) is 13.4. The van der Waals surface area contributed by atoms with Crippen LogP contribution in [0.3, 0.4) is 0 Å². The van der Waals surface area contributed by atoms with E-state index in [1.54, 1.807) is 0 Å². The molecule has 2 nitrogen and oxygen atoms in total. The molecule has 0 aliphatic carbocycles. The van der Waals surface area contributed by atoms with Gasteiger partial charge in [-0.2, -0.15) is 0 Å². The molecule has 138 valence electrons. The molecule has 0 aliphatic rings. The second-order valence-electron chi connectivity index (χ2n) is 6.59. The Hall–Kier alpha value is -0.526. The summed E-state index contributed by atoms with van der Waals surface area (Å²) >= 11 is 0. The third-order valence-corrected chi connectivity index (χ3v) is 15.0. The van der Waals surface area contributed by atoms with Crippen molar-refractivity contribution in [1.82, 2.24) is 0 Å². The van der Waals surface area contributed by atoms with Crippen molar-refractivity contribution in [3.63, 3.8) is 0 Å². The molecule has 0 heterocycles. The van der Waals surface area contributed by atoms with E-state index in [2.05, 4.69) is 53.4 Å². The largest absolute Gasteiger partial charge is 0.410 e. The molecule has 0 aromatic heterocycles. The molecule has 0 aliphatic heterocycles. The lowest BCUT2D eigenvalue weighted by Crippen LogP contribution is -2.49. The van der Waals surface area contributed by atoms with E-state index < -0.39 is 16.6 Å². The van der Waals surface area contributed by atoms with E-state index in [9.17, 15) is 0 Å². The first kappa shape index (κ1) is 23.5. The molecule has 0 radical (unpaired) electrons. The van der Waals surface area contributed by atoms with Crippen LogP contribution in [0.2, 0.25) is 36.3 Å². The maximum Gasteiger partial charge on any atom is 0.193 e. The molecule has 0 N–H and O–H groups in total. The van der Waals surface area contributed by atoms with Crippen molar-refractivity contribution in [1.29, 1.82) is 0 Å². The summed E-state index contributed by atoms with van der Waals surface area (Å²) in [4.78, 5) is 0.